The van der Waals surface area contributed by atoms with E-state index in [2.05, 4.69) is 15.0 Å². The first-order valence-electron chi connectivity index (χ1n) is 12.7. The van der Waals surface area contributed by atoms with Gasteiger partial charge in [0.05, 0.1) is 5.56 Å². The van der Waals surface area contributed by atoms with Crippen molar-refractivity contribution in [3.05, 3.63) is 106 Å². The second-order valence-electron chi connectivity index (χ2n) is 9.36. The summed E-state index contributed by atoms with van der Waals surface area (Å²) in [5, 5.41) is 0.374. The summed E-state index contributed by atoms with van der Waals surface area (Å²) in [4.78, 5) is 40.0. The van der Waals surface area contributed by atoms with E-state index in [4.69, 9.17) is 0 Å². The standard InChI is InChI=1S/C29H27F4N5O2S/c1-3-12-37(16-21-13-34-26(35-14-21)22-6-8-23(9-7-22)29(31,32)33)25(39)17-38-15-19(2)27(40)36-28(38)41-18-20-4-10-24(30)11-5-20/h4-11,13-15H,3,12,16-18H2,1-2H3. The Balaban J connectivity index is 1.47. The lowest BCUT2D eigenvalue weighted by molar-refractivity contribution is -0.137. The first-order chi connectivity index (χ1) is 19.5. The molecule has 12 heteroatoms. The number of rotatable bonds is 10. The largest absolute Gasteiger partial charge is 0.416 e. The molecule has 0 saturated carbocycles. The summed E-state index contributed by atoms with van der Waals surface area (Å²) in [6, 6.07) is 10.6. The molecule has 1 amide bonds. The van der Waals surface area contributed by atoms with Crippen molar-refractivity contribution in [2.45, 2.75) is 50.4 Å². The Labute approximate surface area is 238 Å². The van der Waals surface area contributed by atoms with Gasteiger partial charge in [-0.2, -0.15) is 18.2 Å². The quantitative estimate of drug-likeness (QED) is 0.131. The van der Waals surface area contributed by atoms with Gasteiger partial charge in [0.1, 0.15) is 12.4 Å². The van der Waals surface area contributed by atoms with Gasteiger partial charge in [0, 0.05) is 54.1 Å². The van der Waals surface area contributed by atoms with Crippen molar-refractivity contribution in [1.29, 1.82) is 0 Å². The number of benzene rings is 2. The zero-order chi connectivity index (χ0) is 29.6. The molecule has 0 bridgehead atoms. The summed E-state index contributed by atoms with van der Waals surface area (Å²) < 4.78 is 53.4. The van der Waals surface area contributed by atoms with E-state index in [0.717, 1.165) is 17.7 Å². The highest BCUT2D eigenvalue weighted by molar-refractivity contribution is 7.98. The Morgan fingerprint density at radius 2 is 1.66 bits per heavy atom. The van der Waals surface area contributed by atoms with Crippen molar-refractivity contribution in [1.82, 2.24) is 24.4 Å². The van der Waals surface area contributed by atoms with Crippen LogP contribution in [0.15, 0.2) is 77.1 Å². The highest BCUT2D eigenvalue weighted by Gasteiger charge is 2.30. The third-order valence-corrected chi connectivity index (χ3v) is 7.17. The molecule has 0 unspecified atom stereocenters. The fraction of sp³-hybridized carbons (Fsp3) is 0.276. The molecule has 2 heterocycles. The van der Waals surface area contributed by atoms with E-state index in [1.165, 1.54) is 36.0 Å². The highest BCUT2D eigenvalue weighted by Crippen LogP contribution is 2.30. The predicted molar refractivity (Wildman–Crippen MR) is 147 cm³/mol. The van der Waals surface area contributed by atoms with Gasteiger partial charge in [0.2, 0.25) is 5.91 Å². The number of aromatic nitrogens is 4. The van der Waals surface area contributed by atoms with Crippen molar-refractivity contribution in [2.75, 3.05) is 6.54 Å². The van der Waals surface area contributed by atoms with Crippen LogP contribution >= 0.6 is 11.8 Å². The van der Waals surface area contributed by atoms with Gasteiger partial charge in [-0.05, 0) is 43.2 Å². The lowest BCUT2D eigenvalue weighted by Crippen LogP contribution is -2.35. The molecule has 4 aromatic rings. The number of alkyl halides is 3. The SMILES string of the molecule is CCCN(Cc1cnc(-c2ccc(C(F)(F)F)cc2)nc1)C(=O)Cn1cc(C)c(=O)nc1SCc1ccc(F)cc1. The number of hydrogen-bond donors (Lipinski definition) is 0. The van der Waals surface area contributed by atoms with E-state index in [-0.39, 0.29) is 36.2 Å². The van der Waals surface area contributed by atoms with Crippen molar-refractivity contribution >= 4 is 17.7 Å². The maximum absolute atomic E-state index is 13.4. The summed E-state index contributed by atoms with van der Waals surface area (Å²) in [6.07, 6.45) is 0.969. The number of aryl methyl sites for hydroxylation is 1. The minimum atomic E-state index is -4.43. The van der Waals surface area contributed by atoms with Crippen LogP contribution in [0.25, 0.3) is 11.4 Å². The summed E-state index contributed by atoms with van der Waals surface area (Å²) in [6.45, 7) is 4.21. The lowest BCUT2D eigenvalue weighted by atomic mass is 10.1. The Morgan fingerprint density at radius 3 is 2.27 bits per heavy atom. The normalized spacial score (nSPS) is 11.5. The molecule has 0 atom stereocenters. The zero-order valence-electron chi connectivity index (χ0n) is 22.4. The lowest BCUT2D eigenvalue weighted by Gasteiger charge is -2.23. The van der Waals surface area contributed by atoms with Crippen LogP contribution in [0.2, 0.25) is 0 Å². The molecule has 2 aromatic carbocycles. The van der Waals surface area contributed by atoms with E-state index in [0.29, 0.717) is 40.6 Å². The van der Waals surface area contributed by atoms with E-state index < -0.39 is 11.7 Å². The molecule has 0 aliphatic rings. The average Bonchev–Trinajstić information content (AvgIpc) is 2.95. The summed E-state index contributed by atoms with van der Waals surface area (Å²) in [5.41, 5.74) is 1.21. The molecule has 4 rings (SSSR count). The van der Waals surface area contributed by atoms with Crippen molar-refractivity contribution < 1.29 is 22.4 Å². The van der Waals surface area contributed by atoms with E-state index in [1.807, 2.05) is 6.92 Å². The minimum absolute atomic E-state index is 0.0512. The highest BCUT2D eigenvalue weighted by atomic mass is 32.2. The molecule has 0 N–H and O–H groups in total. The molecule has 7 nitrogen and oxygen atoms in total. The number of halogens is 4. The monoisotopic (exact) mass is 585 g/mol. The van der Waals surface area contributed by atoms with Gasteiger partial charge >= 0.3 is 6.18 Å². The third kappa shape index (κ3) is 8.00. The van der Waals surface area contributed by atoms with Crippen LogP contribution in [0.5, 0.6) is 0 Å². The van der Waals surface area contributed by atoms with Crippen LogP contribution in [-0.4, -0.2) is 36.9 Å². The van der Waals surface area contributed by atoms with Crippen LogP contribution in [0, 0.1) is 12.7 Å². The van der Waals surface area contributed by atoms with Crippen molar-refractivity contribution in [2.24, 2.45) is 0 Å². The van der Waals surface area contributed by atoms with E-state index in [9.17, 15) is 27.2 Å². The average molecular weight is 586 g/mol. The molecule has 0 fully saturated rings. The molecule has 0 radical (unpaired) electrons. The Bertz CT molecular complexity index is 1540. The first kappa shape index (κ1) is 29.9. The van der Waals surface area contributed by atoms with E-state index >= 15 is 0 Å². The number of amides is 1. The van der Waals surface area contributed by atoms with Gasteiger partial charge in [0.25, 0.3) is 5.56 Å². The molecule has 214 valence electrons. The fourth-order valence-corrected chi connectivity index (χ4v) is 4.88. The van der Waals surface area contributed by atoms with Gasteiger partial charge in [-0.25, -0.2) is 14.4 Å². The van der Waals surface area contributed by atoms with E-state index in [1.54, 1.807) is 47.1 Å². The summed E-state index contributed by atoms with van der Waals surface area (Å²) in [7, 11) is 0. The van der Waals surface area contributed by atoms with Crippen LogP contribution in [0.4, 0.5) is 17.6 Å². The van der Waals surface area contributed by atoms with Crippen LogP contribution in [0.1, 0.15) is 35.6 Å². The molecule has 0 aliphatic carbocycles. The van der Waals surface area contributed by atoms with Gasteiger partial charge in [-0.15, -0.1) is 0 Å². The van der Waals surface area contributed by atoms with Crippen LogP contribution in [-0.2, 0) is 29.8 Å². The third-order valence-electron chi connectivity index (χ3n) is 6.11. The van der Waals surface area contributed by atoms with Crippen molar-refractivity contribution in [3.63, 3.8) is 0 Å². The first-order valence-corrected chi connectivity index (χ1v) is 13.7. The number of carbonyl (C=O) groups is 1. The van der Waals surface area contributed by atoms with Gasteiger partial charge < -0.3 is 9.47 Å². The second kappa shape index (κ2) is 13.1. The van der Waals surface area contributed by atoms with Gasteiger partial charge in [0.15, 0.2) is 11.0 Å². The summed E-state index contributed by atoms with van der Waals surface area (Å²) in [5.74, 6) is 0.164. The Morgan fingerprint density at radius 1 is 1.00 bits per heavy atom. The number of thioether (sulfide) groups is 1. The topological polar surface area (TPSA) is 81.0 Å². The number of carbonyl (C=O) groups excluding carboxylic acids is 1. The number of nitrogens with zero attached hydrogens (tertiary/aromatic N) is 5. The molecule has 0 aliphatic heterocycles. The molecule has 41 heavy (non-hydrogen) atoms. The fourth-order valence-electron chi connectivity index (χ4n) is 3.96. The Kier molecular flexibility index (Phi) is 9.53. The second-order valence-corrected chi connectivity index (χ2v) is 10.3. The molecule has 0 saturated heterocycles. The summed E-state index contributed by atoms with van der Waals surface area (Å²) >= 11 is 1.28. The molecule has 0 spiro atoms. The molecule has 2 aromatic heterocycles. The molecular weight excluding hydrogens is 558 g/mol. The maximum atomic E-state index is 13.4. The maximum Gasteiger partial charge on any atom is 0.416 e. The smallest absolute Gasteiger partial charge is 0.337 e. The van der Waals surface area contributed by atoms with Gasteiger partial charge in [-0.3, -0.25) is 9.59 Å². The zero-order valence-corrected chi connectivity index (χ0v) is 23.2. The van der Waals surface area contributed by atoms with Crippen LogP contribution in [0.3, 0.4) is 0 Å². The number of hydrogen-bond acceptors (Lipinski definition) is 6. The van der Waals surface area contributed by atoms with Crippen LogP contribution < -0.4 is 5.56 Å². The Hall–Kier alpha value is -4.06. The molecular formula is C29H27F4N5O2S. The minimum Gasteiger partial charge on any atom is -0.337 e. The predicted octanol–water partition coefficient (Wildman–Crippen LogP) is 5.90. The van der Waals surface area contributed by atoms with Crippen molar-refractivity contribution in [3.8, 4) is 11.4 Å². The van der Waals surface area contributed by atoms with Gasteiger partial charge in [-0.1, -0.05) is 43.0 Å².